The Hall–Kier alpha value is -9.88. The number of aromatic nitrogens is 6. The van der Waals surface area contributed by atoms with Crippen LogP contribution < -0.4 is 25.3 Å². The van der Waals surface area contributed by atoms with E-state index < -0.39 is 40.1 Å². The SMILES string of the molecule is CNC(=O)c1c(-c2ccc(F)cc2)oc2cc(N(C)C)c(B3OC(C)(C)C(C)(C)O3)cc12.CNC(=O)c1c(-c2ccc(F)cc2)oc2cc(N(C)S(C)(=O)=O)c(-c3cncc(-c4cc5c(F)cccc5[nH]4)n3)cc12.Fc1cccc2[nH]c(-c3cncc(Cl)n3)cc12. The molecule has 464 valence electrons. The predicted octanol–water partition coefficient (Wildman–Crippen LogP) is 13.1. The van der Waals surface area contributed by atoms with E-state index in [-0.39, 0.29) is 46.0 Å². The fourth-order valence-electron chi connectivity index (χ4n) is 10.4. The first kappa shape index (κ1) is 62.7. The first-order valence-electron chi connectivity index (χ1n) is 28.2. The number of carbonyl (C=O) groups is 2. The average Bonchev–Trinajstić information content (AvgIpc) is 1.65. The van der Waals surface area contributed by atoms with Crippen molar-refractivity contribution >= 4 is 101 Å². The van der Waals surface area contributed by atoms with Gasteiger partial charge >= 0.3 is 7.12 Å². The first-order valence-corrected chi connectivity index (χ1v) is 30.5. The molecular weight excluding hydrogens is 1220 g/mol. The van der Waals surface area contributed by atoms with E-state index in [0.717, 1.165) is 27.2 Å². The van der Waals surface area contributed by atoms with Crippen LogP contribution in [-0.4, -0.2) is 110 Å². The molecule has 0 atom stereocenters. The zero-order chi connectivity index (χ0) is 65.0. The molecule has 18 nitrogen and oxygen atoms in total. The highest BCUT2D eigenvalue weighted by Crippen LogP contribution is 2.43. The van der Waals surface area contributed by atoms with E-state index in [1.807, 2.05) is 58.8 Å². The van der Waals surface area contributed by atoms with Gasteiger partial charge in [-0.1, -0.05) is 23.7 Å². The summed E-state index contributed by atoms with van der Waals surface area (Å²) in [6.07, 6.45) is 7.06. The smallest absolute Gasteiger partial charge is 0.455 e. The largest absolute Gasteiger partial charge is 0.496 e. The predicted molar refractivity (Wildman–Crippen MR) is 346 cm³/mol. The molecule has 0 spiro atoms. The van der Waals surface area contributed by atoms with Gasteiger partial charge in [0.15, 0.2) is 0 Å². The first-order chi connectivity index (χ1) is 43.2. The lowest BCUT2D eigenvalue weighted by atomic mass is 9.76. The Labute approximate surface area is 524 Å². The second-order valence-electron chi connectivity index (χ2n) is 22.6. The molecular formula is C66H58BClF4N10O8S. The summed E-state index contributed by atoms with van der Waals surface area (Å²) in [6, 6.07) is 31.2. The van der Waals surface area contributed by atoms with Crippen molar-refractivity contribution in [3.8, 4) is 56.7 Å². The number of amides is 2. The number of aromatic amines is 2. The molecule has 0 unspecified atom stereocenters. The third-order valence-electron chi connectivity index (χ3n) is 15.9. The normalized spacial score (nSPS) is 13.5. The van der Waals surface area contributed by atoms with E-state index in [2.05, 4.69) is 35.6 Å². The van der Waals surface area contributed by atoms with Gasteiger partial charge in [0.1, 0.15) is 62.5 Å². The Morgan fingerprint density at radius 1 is 0.582 bits per heavy atom. The van der Waals surface area contributed by atoms with E-state index in [1.165, 1.54) is 87.3 Å². The minimum Gasteiger partial charge on any atom is -0.455 e. The summed E-state index contributed by atoms with van der Waals surface area (Å²) in [5, 5.41) is 7.55. The maximum Gasteiger partial charge on any atom is 0.496 e. The lowest BCUT2D eigenvalue weighted by molar-refractivity contribution is 0.00578. The van der Waals surface area contributed by atoms with Crippen LogP contribution in [0.4, 0.5) is 28.9 Å². The molecule has 6 aromatic heterocycles. The number of hydrogen-bond acceptors (Lipinski definition) is 13. The van der Waals surface area contributed by atoms with E-state index >= 15 is 0 Å². The monoisotopic (exact) mass is 1270 g/mol. The molecule has 0 bridgehead atoms. The number of halogens is 5. The van der Waals surface area contributed by atoms with E-state index in [4.69, 9.17) is 34.7 Å². The molecule has 91 heavy (non-hydrogen) atoms. The van der Waals surface area contributed by atoms with Gasteiger partial charge in [-0.15, -0.1) is 0 Å². The fraction of sp³-hybridized carbons (Fsp3) is 0.182. The molecule has 1 saturated heterocycles. The summed E-state index contributed by atoms with van der Waals surface area (Å²) >= 11 is 5.76. The van der Waals surface area contributed by atoms with Gasteiger partial charge in [-0.25, -0.2) is 35.9 Å². The van der Waals surface area contributed by atoms with Crippen LogP contribution >= 0.6 is 11.6 Å². The number of furan rings is 2. The summed E-state index contributed by atoms with van der Waals surface area (Å²) in [4.78, 5) is 51.3. The van der Waals surface area contributed by atoms with Crippen molar-refractivity contribution in [2.24, 2.45) is 0 Å². The van der Waals surface area contributed by atoms with E-state index in [0.29, 0.717) is 94.3 Å². The van der Waals surface area contributed by atoms with Crippen LogP contribution in [0.2, 0.25) is 5.15 Å². The maximum atomic E-state index is 14.4. The second-order valence-corrected chi connectivity index (χ2v) is 25.0. The highest BCUT2D eigenvalue weighted by atomic mass is 35.5. The van der Waals surface area contributed by atoms with E-state index in [9.17, 15) is 35.6 Å². The summed E-state index contributed by atoms with van der Waals surface area (Å²) in [6.45, 7) is 8.01. The number of benzene rings is 6. The number of H-pyrrole nitrogens is 2. The average molecular weight is 1270 g/mol. The van der Waals surface area contributed by atoms with Crippen LogP contribution in [0.3, 0.4) is 0 Å². The van der Waals surface area contributed by atoms with Crippen LogP contribution in [0.25, 0.3) is 100 Å². The van der Waals surface area contributed by atoms with Crippen LogP contribution in [-0.2, 0) is 19.3 Å². The van der Waals surface area contributed by atoms with Crippen molar-refractivity contribution in [2.45, 2.75) is 38.9 Å². The molecule has 7 heterocycles. The van der Waals surface area contributed by atoms with Crippen molar-refractivity contribution in [1.29, 1.82) is 0 Å². The van der Waals surface area contributed by atoms with Crippen LogP contribution in [0, 0.1) is 23.3 Å². The zero-order valence-corrected chi connectivity index (χ0v) is 52.3. The van der Waals surface area contributed by atoms with Crippen molar-refractivity contribution in [3.05, 3.63) is 186 Å². The Morgan fingerprint density at radius 3 is 1.48 bits per heavy atom. The number of nitrogens with zero attached hydrogens (tertiary/aromatic N) is 6. The molecule has 25 heteroatoms. The third-order valence-corrected chi connectivity index (χ3v) is 17.3. The lowest BCUT2D eigenvalue weighted by Gasteiger charge is -2.32. The highest BCUT2D eigenvalue weighted by molar-refractivity contribution is 7.92. The number of sulfonamides is 1. The van der Waals surface area contributed by atoms with Crippen molar-refractivity contribution < 1.29 is 53.7 Å². The van der Waals surface area contributed by atoms with Crippen LogP contribution in [0.15, 0.2) is 155 Å². The summed E-state index contributed by atoms with van der Waals surface area (Å²) in [5.41, 5.74) is 7.44. The fourth-order valence-corrected chi connectivity index (χ4v) is 11.0. The third kappa shape index (κ3) is 12.3. The molecule has 6 aromatic carbocycles. The summed E-state index contributed by atoms with van der Waals surface area (Å²) < 4.78 is 106. The molecule has 0 aliphatic carbocycles. The van der Waals surface area contributed by atoms with Gasteiger partial charge in [0.05, 0.1) is 76.1 Å². The molecule has 0 saturated carbocycles. The van der Waals surface area contributed by atoms with Gasteiger partial charge in [-0.05, 0) is 125 Å². The summed E-state index contributed by atoms with van der Waals surface area (Å²) in [7, 11) is 3.94. The molecule has 12 aromatic rings. The minimum atomic E-state index is -3.75. The van der Waals surface area contributed by atoms with Crippen LogP contribution in [0.5, 0.6) is 0 Å². The number of hydrogen-bond donors (Lipinski definition) is 4. The van der Waals surface area contributed by atoms with Crippen molar-refractivity contribution in [1.82, 2.24) is 40.5 Å². The minimum absolute atomic E-state index is 0.184. The van der Waals surface area contributed by atoms with Gasteiger partial charge in [0.25, 0.3) is 11.8 Å². The number of fused-ring (bicyclic) bond motifs is 4. The summed E-state index contributed by atoms with van der Waals surface area (Å²) in [5.74, 6) is -1.63. The second kappa shape index (κ2) is 24.5. The Bertz CT molecular complexity index is 4910. The van der Waals surface area contributed by atoms with Gasteiger partial charge in [0, 0.05) is 108 Å². The van der Waals surface area contributed by atoms with Crippen LogP contribution in [0.1, 0.15) is 48.4 Å². The van der Waals surface area contributed by atoms with Gasteiger partial charge in [-0.2, -0.15) is 0 Å². The molecule has 4 N–H and O–H groups in total. The number of nitrogens with one attached hydrogen (secondary N) is 4. The molecule has 1 aliphatic heterocycles. The molecule has 13 rings (SSSR count). The Morgan fingerprint density at radius 2 is 1.03 bits per heavy atom. The van der Waals surface area contributed by atoms with Gasteiger partial charge in [-0.3, -0.25) is 23.9 Å². The number of carbonyl (C=O) groups excluding carboxylic acids is 2. The van der Waals surface area contributed by atoms with E-state index in [1.54, 1.807) is 67.8 Å². The Balaban J connectivity index is 0.000000152. The maximum absolute atomic E-state index is 14.4. The number of anilines is 2. The van der Waals surface area contributed by atoms with Crippen molar-refractivity contribution in [3.63, 3.8) is 0 Å². The van der Waals surface area contributed by atoms with Gasteiger partial charge < -0.3 is 43.6 Å². The topological polar surface area (TPSA) is 227 Å². The molecule has 1 fully saturated rings. The molecule has 0 radical (unpaired) electrons. The molecule has 2 amide bonds. The van der Waals surface area contributed by atoms with Gasteiger partial charge in [0.2, 0.25) is 10.0 Å². The zero-order valence-electron chi connectivity index (χ0n) is 50.7. The van der Waals surface area contributed by atoms with Crippen molar-refractivity contribution in [2.75, 3.05) is 50.7 Å². The number of rotatable bonds is 11. The highest BCUT2D eigenvalue weighted by Gasteiger charge is 2.52. The molecule has 1 aliphatic rings. The quantitative estimate of drug-likeness (QED) is 0.0699. The Kier molecular flexibility index (Phi) is 16.9. The lowest BCUT2D eigenvalue weighted by Crippen LogP contribution is -2.41. The standard InChI is InChI=1S/C30H23F2N5O4S.C24H28BFN2O4.C12H7ClFN3/c1-33-30(38)28-20-11-19(24-14-34-15-25(36-24)23-12-18-21(32)5-4-6-22(18)35-23)26(37(2)42(3,39)40)13-27(20)41-29(28)16-7-9-17(31)10-8-16;1-23(2)24(3,4)32-25(31-23)17-12-16-19(13-18(17)28(6)7)30-21(20(16)22(29)27-5)14-8-10-15(26)11-9-14;13-12-6-15-5-11(17-12)10-4-7-8(14)2-1-3-9(7)16-10/h4-15,35H,1-3H3,(H,33,38);8-13H,1-7H3,(H,27,29);1-6,16H.